The van der Waals surface area contributed by atoms with Gasteiger partial charge in [-0.2, -0.15) is 13.2 Å². The van der Waals surface area contributed by atoms with Crippen LogP contribution in [0.4, 0.5) is 13.2 Å². The van der Waals surface area contributed by atoms with Crippen molar-refractivity contribution in [2.45, 2.75) is 13.1 Å². The first-order valence-electron chi connectivity index (χ1n) is 3.93. The topological polar surface area (TPSA) is 13.1 Å². The molecule has 1 nitrogen and oxygen atoms in total. The molecule has 0 unspecified atom stereocenters. The van der Waals surface area contributed by atoms with Gasteiger partial charge in [-0.25, -0.2) is 0 Å². The molecule has 0 saturated carbocycles. The highest BCUT2D eigenvalue weighted by Gasteiger charge is 2.33. The molecule has 0 aliphatic rings. The first-order valence-corrected chi connectivity index (χ1v) is 3.93. The van der Waals surface area contributed by atoms with Gasteiger partial charge in [-0.1, -0.05) is 18.7 Å². The second-order valence-electron chi connectivity index (χ2n) is 2.69. The van der Waals surface area contributed by atoms with E-state index in [1.807, 2.05) is 0 Å². The molecule has 76 valence electrons. The third kappa shape index (κ3) is 2.07. The molecule has 1 heterocycles. The Balaban J connectivity index is 3.54. The van der Waals surface area contributed by atoms with Gasteiger partial charge in [-0.15, -0.1) is 0 Å². The van der Waals surface area contributed by atoms with Crippen molar-refractivity contribution in [3.63, 3.8) is 0 Å². The van der Waals surface area contributed by atoms with Gasteiger partial charge in [0.2, 0.25) is 0 Å². The smallest absolute Gasteiger partial charge is 0.419 e. The molecule has 0 amide bonds. The monoisotopic (exact) mass is 202 g/mol. The van der Waals surface area contributed by atoms with Crippen LogP contribution in [0.3, 0.4) is 0 Å². The Morgan fingerprint density at radius 3 is 2.50 bits per heavy atom. The second-order valence-corrected chi connectivity index (χ2v) is 2.69. The normalized spacial score (nSPS) is 14.9. The highest BCUT2D eigenvalue weighted by molar-refractivity contribution is 5.59. The zero-order valence-corrected chi connectivity index (χ0v) is 7.56. The van der Waals surface area contributed by atoms with E-state index in [1.54, 1.807) is 0 Å². The maximum atomic E-state index is 12.5. The summed E-state index contributed by atoms with van der Waals surface area (Å²) in [7, 11) is 0. The van der Waals surface area contributed by atoms with Gasteiger partial charge in [0, 0.05) is 5.22 Å². The molecule has 1 aromatic heterocycles. The van der Waals surface area contributed by atoms with E-state index in [9.17, 15) is 13.2 Å². The molecule has 0 aliphatic carbocycles. The molecule has 1 aromatic rings. The highest BCUT2D eigenvalue weighted by atomic mass is 19.4. The lowest BCUT2D eigenvalue weighted by molar-refractivity contribution is -0.0697. The van der Waals surface area contributed by atoms with E-state index in [0.717, 1.165) is 6.08 Å². The molecular weight excluding hydrogens is 193 g/mol. The number of hydrogen-bond donors (Lipinski definition) is 0. The summed E-state index contributed by atoms with van der Waals surface area (Å²) in [6.45, 7) is 4.96. The number of furan rings is 1. The van der Waals surface area contributed by atoms with Crippen LogP contribution in [0.15, 0.2) is 28.9 Å². The largest absolute Gasteiger partial charge is 0.464 e. The predicted molar refractivity (Wildman–Crippen MR) is 47.8 cm³/mol. The van der Waals surface area contributed by atoms with Crippen molar-refractivity contribution in [1.82, 2.24) is 0 Å². The Morgan fingerprint density at radius 1 is 1.50 bits per heavy atom. The summed E-state index contributed by atoms with van der Waals surface area (Å²) >= 11 is 0. The second kappa shape index (κ2) is 3.74. The Bertz CT molecular complexity index is 437. The minimum Gasteiger partial charge on any atom is -0.464 e. The number of rotatable bonds is 1. The zero-order valence-electron chi connectivity index (χ0n) is 7.56. The molecule has 0 spiro atoms. The van der Waals surface area contributed by atoms with E-state index >= 15 is 0 Å². The SMILES string of the molecule is C=c1cco/c1=C(/C=C\C)C(F)(F)F. The lowest BCUT2D eigenvalue weighted by Gasteiger charge is -2.05. The Labute approximate surface area is 78.8 Å². The molecule has 0 aromatic carbocycles. The standard InChI is InChI=1S/C10H9F3O/c1-3-4-8(10(11,12)13)9-7(2)5-6-14-9/h3-6H,2H2,1H3/b4-3-,9-8-. The molecule has 0 atom stereocenters. The van der Waals surface area contributed by atoms with Crippen molar-refractivity contribution in [1.29, 1.82) is 0 Å². The zero-order chi connectivity index (χ0) is 10.8. The first kappa shape index (κ1) is 10.6. The first-order chi connectivity index (χ1) is 6.46. The van der Waals surface area contributed by atoms with Crippen LogP contribution in [-0.4, -0.2) is 6.18 Å². The molecule has 0 bridgehead atoms. The van der Waals surface area contributed by atoms with Crippen LogP contribution in [-0.2, 0) is 0 Å². The molecule has 0 radical (unpaired) electrons. The lowest BCUT2D eigenvalue weighted by Crippen LogP contribution is -2.27. The molecule has 0 saturated heterocycles. The summed E-state index contributed by atoms with van der Waals surface area (Å²) in [6, 6.07) is 1.39. The van der Waals surface area contributed by atoms with Gasteiger partial charge in [0.1, 0.15) is 5.42 Å². The van der Waals surface area contributed by atoms with E-state index in [1.165, 1.54) is 25.3 Å². The summed E-state index contributed by atoms with van der Waals surface area (Å²) in [5.74, 6) is 0. The minimum atomic E-state index is -4.42. The quantitative estimate of drug-likeness (QED) is 0.678. The molecule has 14 heavy (non-hydrogen) atoms. The Kier molecular flexibility index (Phi) is 2.84. The van der Waals surface area contributed by atoms with Crippen LogP contribution < -0.4 is 10.6 Å². The fourth-order valence-electron chi connectivity index (χ4n) is 1.04. The fraction of sp³-hybridized carbons (Fsp3) is 0.200. The summed E-state index contributed by atoms with van der Waals surface area (Å²) < 4.78 is 42.2. The Hall–Kier alpha value is -1.45. The van der Waals surface area contributed by atoms with E-state index in [0.29, 0.717) is 0 Å². The average molecular weight is 202 g/mol. The maximum Gasteiger partial charge on any atom is 0.419 e. The Morgan fingerprint density at radius 2 is 2.14 bits per heavy atom. The van der Waals surface area contributed by atoms with Crippen LogP contribution in [0.5, 0.6) is 0 Å². The van der Waals surface area contributed by atoms with Crippen molar-refractivity contribution in [3.05, 3.63) is 35.1 Å². The number of hydrogen-bond acceptors (Lipinski definition) is 1. The third-order valence-electron chi connectivity index (χ3n) is 1.63. The van der Waals surface area contributed by atoms with Gasteiger partial charge in [-0.3, -0.25) is 0 Å². The molecular formula is C10H9F3O. The van der Waals surface area contributed by atoms with Crippen LogP contribution >= 0.6 is 0 Å². The number of alkyl halides is 3. The molecule has 4 heteroatoms. The lowest BCUT2D eigenvalue weighted by atomic mass is 10.2. The van der Waals surface area contributed by atoms with Crippen molar-refractivity contribution >= 4 is 12.2 Å². The van der Waals surface area contributed by atoms with Crippen LogP contribution in [0.2, 0.25) is 0 Å². The number of allylic oxidation sites excluding steroid dienone is 2. The van der Waals surface area contributed by atoms with Crippen LogP contribution in [0.1, 0.15) is 6.92 Å². The summed E-state index contributed by atoms with van der Waals surface area (Å²) in [6.07, 6.45) is -0.956. The molecule has 0 fully saturated rings. The minimum absolute atomic E-state index is 0.226. The van der Waals surface area contributed by atoms with Gasteiger partial charge < -0.3 is 4.42 Å². The van der Waals surface area contributed by atoms with Gasteiger partial charge in [0.05, 0.1) is 11.8 Å². The van der Waals surface area contributed by atoms with Crippen LogP contribution in [0.25, 0.3) is 12.2 Å². The van der Waals surface area contributed by atoms with E-state index < -0.39 is 11.7 Å². The predicted octanol–water partition coefficient (Wildman–Crippen LogP) is 1.98. The molecule has 0 aliphatic heterocycles. The summed E-state index contributed by atoms with van der Waals surface area (Å²) in [5.41, 5.74) is -1.04. The van der Waals surface area contributed by atoms with Crippen LogP contribution in [0, 0.1) is 0 Å². The van der Waals surface area contributed by atoms with Crippen molar-refractivity contribution in [3.8, 4) is 0 Å². The van der Waals surface area contributed by atoms with E-state index in [-0.39, 0.29) is 10.6 Å². The van der Waals surface area contributed by atoms with Gasteiger partial charge >= 0.3 is 6.18 Å². The molecule has 0 N–H and O–H groups in total. The van der Waals surface area contributed by atoms with E-state index in [4.69, 9.17) is 4.42 Å². The van der Waals surface area contributed by atoms with Gasteiger partial charge in [0.25, 0.3) is 0 Å². The molecule has 1 rings (SSSR count). The van der Waals surface area contributed by atoms with Crippen molar-refractivity contribution < 1.29 is 17.6 Å². The number of halogens is 3. The average Bonchev–Trinajstić information content (AvgIpc) is 2.45. The summed E-state index contributed by atoms with van der Waals surface area (Å²) in [4.78, 5) is 0. The van der Waals surface area contributed by atoms with Crippen molar-refractivity contribution in [2.75, 3.05) is 0 Å². The van der Waals surface area contributed by atoms with Crippen molar-refractivity contribution in [2.24, 2.45) is 0 Å². The summed E-state index contributed by atoms with van der Waals surface area (Å²) in [5, 5.41) is 0.232. The van der Waals surface area contributed by atoms with E-state index in [2.05, 4.69) is 6.58 Å². The maximum absolute atomic E-state index is 12.5. The fourth-order valence-corrected chi connectivity index (χ4v) is 1.04. The third-order valence-corrected chi connectivity index (χ3v) is 1.63. The highest BCUT2D eigenvalue weighted by Crippen LogP contribution is 2.26. The van der Waals surface area contributed by atoms with Gasteiger partial charge in [-0.05, 0) is 13.0 Å². The van der Waals surface area contributed by atoms with Gasteiger partial charge in [0.15, 0.2) is 0 Å².